The first-order valence-corrected chi connectivity index (χ1v) is 12.0. The maximum atomic E-state index is 12.5. The van der Waals surface area contributed by atoms with E-state index in [2.05, 4.69) is 17.3 Å². The molecule has 8 heteroatoms. The molecule has 1 aliphatic heterocycles. The van der Waals surface area contributed by atoms with Crippen LogP contribution in [0.5, 0.6) is 23.0 Å². The molecule has 2 N–H and O–H groups in total. The van der Waals surface area contributed by atoms with Crippen LogP contribution in [-0.2, 0) is 11.4 Å². The van der Waals surface area contributed by atoms with Gasteiger partial charge in [-0.25, -0.2) is 0 Å². The van der Waals surface area contributed by atoms with Gasteiger partial charge < -0.3 is 29.5 Å². The molecule has 0 aliphatic carbocycles. The molecule has 0 saturated carbocycles. The quantitative estimate of drug-likeness (QED) is 0.358. The Balaban J connectivity index is 0.00000380. The number of piperidine rings is 1. The minimum atomic E-state index is -0.284. The molecule has 0 bridgehead atoms. The van der Waals surface area contributed by atoms with Crippen molar-refractivity contribution in [3.8, 4) is 23.0 Å². The molecular formula is C29H33ClN2O5. The molecule has 0 aromatic heterocycles. The largest absolute Gasteiger partial charge is 0.504 e. The van der Waals surface area contributed by atoms with Crippen LogP contribution in [0.2, 0.25) is 0 Å². The van der Waals surface area contributed by atoms with Crippen molar-refractivity contribution in [2.75, 3.05) is 32.6 Å². The smallest absolute Gasteiger partial charge is 0.248 e. The lowest BCUT2D eigenvalue weighted by atomic mass is 10.1. The fourth-order valence-corrected chi connectivity index (χ4v) is 4.00. The van der Waals surface area contributed by atoms with E-state index in [1.165, 1.54) is 19.3 Å². The lowest BCUT2D eigenvalue weighted by molar-refractivity contribution is -0.111. The molecule has 0 atom stereocenters. The van der Waals surface area contributed by atoms with Crippen LogP contribution in [0.3, 0.4) is 0 Å². The lowest BCUT2D eigenvalue weighted by Gasteiger charge is -2.29. The number of anilines is 1. The zero-order chi connectivity index (χ0) is 25.3. The summed E-state index contributed by atoms with van der Waals surface area (Å²) in [5, 5.41) is 12.8. The second-order valence-corrected chi connectivity index (χ2v) is 8.79. The monoisotopic (exact) mass is 524 g/mol. The van der Waals surface area contributed by atoms with Crippen molar-refractivity contribution in [3.63, 3.8) is 0 Å². The Bertz CT molecular complexity index is 1190. The molecule has 1 heterocycles. The van der Waals surface area contributed by atoms with E-state index in [-0.39, 0.29) is 30.2 Å². The van der Waals surface area contributed by atoms with Crippen LogP contribution in [0.25, 0.3) is 6.08 Å². The molecule has 1 saturated heterocycles. The fraction of sp³-hybridized carbons (Fsp3) is 0.276. The number of carbonyl (C=O) groups excluding carboxylic acids is 1. The molecule has 37 heavy (non-hydrogen) atoms. The molecule has 7 nitrogen and oxygen atoms in total. The molecule has 0 spiro atoms. The lowest BCUT2D eigenvalue weighted by Crippen LogP contribution is -2.35. The number of phenolic OH excluding ortho intramolecular Hbond substituents is 1. The first-order valence-electron chi connectivity index (χ1n) is 12.0. The van der Waals surface area contributed by atoms with Gasteiger partial charge in [0, 0.05) is 30.4 Å². The summed E-state index contributed by atoms with van der Waals surface area (Å²) in [4.78, 5) is 14.8. The number of amides is 1. The van der Waals surface area contributed by atoms with Gasteiger partial charge in [-0.1, -0.05) is 24.3 Å². The van der Waals surface area contributed by atoms with Gasteiger partial charge in [0.25, 0.3) is 0 Å². The third kappa shape index (κ3) is 8.17. The van der Waals surface area contributed by atoms with Crippen molar-refractivity contribution in [2.24, 2.45) is 0 Å². The van der Waals surface area contributed by atoms with E-state index in [1.807, 2.05) is 48.5 Å². The minimum Gasteiger partial charge on any atom is -0.504 e. The number of methoxy groups -OCH3 is 1. The summed E-state index contributed by atoms with van der Waals surface area (Å²) >= 11 is 0. The van der Waals surface area contributed by atoms with E-state index in [0.29, 0.717) is 23.6 Å². The summed E-state index contributed by atoms with van der Waals surface area (Å²) in [6.07, 6.45) is 5.38. The normalized spacial score (nSPS) is 14.1. The second kappa shape index (κ2) is 13.6. The number of hydrogen-bond acceptors (Lipinski definition) is 6. The highest BCUT2D eigenvalue weighted by Gasteiger charge is 2.18. The van der Waals surface area contributed by atoms with Crippen LogP contribution in [0.15, 0.2) is 72.8 Å². The minimum absolute atomic E-state index is 0. The summed E-state index contributed by atoms with van der Waals surface area (Å²) in [7, 11) is 3.62. The number of likely N-dealkylation sites (tertiary alicyclic amines) is 1. The Morgan fingerprint density at radius 1 is 1.05 bits per heavy atom. The van der Waals surface area contributed by atoms with Crippen LogP contribution in [0, 0.1) is 0 Å². The predicted octanol–water partition coefficient (Wildman–Crippen LogP) is 5.53. The third-order valence-corrected chi connectivity index (χ3v) is 6.09. The Morgan fingerprint density at radius 3 is 2.46 bits per heavy atom. The van der Waals surface area contributed by atoms with Gasteiger partial charge in [-0.2, -0.15) is 0 Å². The first-order chi connectivity index (χ1) is 17.5. The van der Waals surface area contributed by atoms with Gasteiger partial charge in [-0.3, -0.25) is 4.79 Å². The predicted molar refractivity (Wildman–Crippen MR) is 148 cm³/mol. The molecular weight excluding hydrogens is 492 g/mol. The number of halogens is 1. The highest BCUT2D eigenvalue weighted by Crippen LogP contribution is 2.27. The zero-order valence-electron chi connectivity index (χ0n) is 21.1. The first kappa shape index (κ1) is 27.9. The molecule has 3 aromatic rings. The molecule has 0 radical (unpaired) electrons. The fourth-order valence-electron chi connectivity index (χ4n) is 4.00. The number of hydrogen-bond donors (Lipinski definition) is 2. The Morgan fingerprint density at radius 2 is 1.76 bits per heavy atom. The molecule has 1 fully saturated rings. The number of nitrogens with one attached hydrogen (secondary N) is 1. The zero-order valence-corrected chi connectivity index (χ0v) is 21.9. The highest BCUT2D eigenvalue weighted by atomic mass is 35.5. The third-order valence-electron chi connectivity index (χ3n) is 6.09. The van der Waals surface area contributed by atoms with Crippen molar-refractivity contribution < 1.29 is 24.1 Å². The number of para-hydroxylation sites is 1. The van der Waals surface area contributed by atoms with Crippen molar-refractivity contribution in [3.05, 3.63) is 83.9 Å². The average molecular weight is 525 g/mol. The van der Waals surface area contributed by atoms with Crippen molar-refractivity contribution in [1.82, 2.24) is 4.90 Å². The van der Waals surface area contributed by atoms with E-state index in [1.54, 1.807) is 18.2 Å². The number of aromatic hydroxyl groups is 1. The Labute approximate surface area is 224 Å². The summed E-state index contributed by atoms with van der Waals surface area (Å²) < 4.78 is 17.1. The van der Waals surface area contributed by atoms with E-state index in [9.17, 15) is 9.90 Å². The Kier molecular flexibility index (Phi) is 10.2. The van der Waals surface area contributed by atoms with Gasteiger partial charge in [0.05, 0.1) is 7.11 Å². The highest BCUT2D eigenvalue weighted by molar-refractivity contribution is 6.02. The van der Waals surface area contributed by atoms with Crippen molar-refractivity contribution in [2.45, 2.75) is 25.6 Å². The van der Waals surface area contributed by atoms with Gasteiger partial charge >= 0.3 is 0 Å². The van der Waals surface area contributed by atoms with Gasteiger partial charge in [0.15, 0.2) is 11.5 Å². The van der Waals surface area contributed by atoms with Gasteiger partial charge in [0.1, 0.15) is 24.2 Å². The molecule has 4 rings (SSSR count). The standard InChI is InChI=1S/C29H32N2O5.ClH/c1-31-17-15-25(16-18-31)36-24-11-9-23(10-12-24)35-20-22-5-3-4-6-26(22)30-29(33)14-8-21-7-13-28(34-2)27(32)19-21;/h3-14,19,25,32H,15-18,20H2,1-2H3,(H,30,33);1H/b14-8+;. The summed E-state index contributed by atoms with van der Waals surface area (Å²) in [6.45, 7) is 2.42. The molecule has 1 amide bonds. The summed E-state index contributed by atoms with van der Waals surface area (Å²) in [5.74, 6) is 1.69. The summed E-state index contributed by atoms with van der Waals surface area (Å²) in [6, 6.07) is 20.1. The SMILES string of the molecule is COc1ccc(/C=C/C(=O)Nc2ccccc2COc2ccc(OC3CCN(C)CC3)cc2)cc1O.Cl. The van der Waals surface area contributed by atoms with Crippen LogP contribution in [0.4, 0.5) is 5.69 Å². The summed E-state index contributed by atoms with van der Waals surface area (Å²) in [5.41, 5.74) is 2.21. The number of rotatable bonds is 9. The van der Waals surface area contributed by atoms with E-state index in [0.717, 1.165) is 43.0 Å². The van der Waals surface area contributed by atoms with Crippen LogP contribution in [-0.4, -0.2) is 49.3 Å². The van der Waals surface area contributed by atoms with Crippen molar-refractivity contribution >= 4 is 30.1 Å². The van der Waals surface area contributed by atoms with Gasteiger partial charge in [-0.15, -0.1) is 12.4 Å². The molecule has 1 aliphatic rings. The van der Waals surface area contributed by atoms with Gasteiger partial charge in [0.2, 0.25) is 5.91 Å². The average Bonchev–Trinajstić information content (AvgIpc) is 2.89. The Hall–Kier alpha value is -3.68. The van der Waals surface area contributed by atoms with E-state index < -0.39 is 0 Å². The molecule has 196 valence electrons. The van der Waals surface area contributed by atoms with Crippen molar-refractivity contribution in [1.29, 1.82) is 0 Å². The van der Waals surface area contributed by atoms with Gasteiger partial charge in [-0.05, 0) is 74.0 Å². The number of phenols is 1. The molecule has 0 unspecified atom stereocenters. The van der Waals surface area contributed by atoms with E-state index >= 15 is 0 Å². The van der Waals surface area contributed by atoms with E-state index in [4.69, 9.17) is 14.2 Å². The molecule has 3 aromatic carbocycles. The number of benzene rings is 3. The van der Waals surface area contributed by atoms with Crippen LogP contribution >= 0.6 is 12.4 Å². The second-order valence-electron chi connectivity index (χ2n) is 8.79. The van der Waals surface area contributed by atoms with Crippen LogP contribution < -0.4 is 19.5 Å². The number of nitrogens with zero attached hydrogens (tertiary/aromatic N) is 1. The van der Waals surface area contributed by atoms with Crippen LogP contribution in [0.1, 0.15) is 24.0 Å². The maximum Gasteiger partial charge on any atom is 0.248 e. The topological polar surface area (TPSA) is 80.3 Å². The number of ether oxygens (including phenoxy) is 3. The maximum absolute atomic E-state index is 12.5. The number of carbonyl (C=O) groups is 1.